The molecule has 2 aromatic carbocycles. The second-order valence-electron chi connectivity index (χ2n) is 4.30. The van der Waals surface area contributed by atoms with Crippen LogP contribution in [0.5, 0.6) is 5.75 Å². The maximum absolute atomic E-state index is 5.35. The molecule has 0 aliphatic heterocycles. The number of para-hydroxylation sites is 1. The standard InChI is InChI=1S/C8H9N.C8H8O.W/c1-6-4-3-5-7(2)8(6)9;1-7-5-3-4-6-8(7)9-2;/h3-5H,1-2H3;1,3-6H,2H3;. The van der Waals surface area contributed by atoms with Gasteiger partial charge < -0.3 is 0 Å². The Hall–Kier alpha value is -1.40. The third-order valence-corrected chi connectivity index (χ3v) is 5.23. The molecule has 0 bridgehead atoms. The average Bonchev–Trinajstić information content (AvgIpc) is 2.42. The van der Waals surface area contributed by atoms with E-state index < -0.39 is 17.9 Å². The van der Waals surface area contributed by atoms with E-state index in [4.69, 9.17) is 8.23 Å². The van der Waals surface area contributed by atoms with Gasteiger partial charge in [-0.1, -0.05) is 0 Å². The Morgan fingerprint density at radius 1 is 1.00 bits per heavy atom. The van der Waals surface area contributed by atoms with E-state index in [0.717, 1.165) is 11.3 Å². The average molecular weight is 423 g/mol. The summed E-state index contributed by atoms with van der Waals surface area (Å²) in [7, 11) is 1.71. The number of rotatable bonds is 3. The molecule has 19 heavy (non-hydrogen) atoms. The molecule has 0 radical (unpaired) electrons. The number of benzene rings is 2. The van der Waals surface area contributed by atoms with Crippen LogP contribution in [-0.4, -0.2) is 11.5 Å². The van der Waals surface area contributed by atoms with Gasteiger partial charge >= 0.3 is 122 Å². The van der Waals surface area contributed by atoms with E-state index in [0.29, 0.717) is 0 Å². The maximum atomic E-state index is 5.35. The van der Waals surface area contributed by atoms with Crippen molar-refractivity contribution in [2.75, 3.05) is 7.11 Å². The Labute approximate surface area is 122 Å². The van der Waals surface area contributed by atoms with Gasteiger partial charge in [-0.15, -0.1) is 0 Å². The molecule has 0 atom stereocenters. The predicted octanol–water partition coefficient (Wildman–Crippen LogP) is 4.06. The van der Waals surface area contributed by atoms with Gasteiger partial charge in [0.2, 0.25) is 0 Å². The molecule has 0 aliphatic carbocycles. The number of aryl methyl sites for hydroxylation is 2. The Morgan fingerprint density at radius 2 is 1.68 bits per heavy atom. The van der Waals surface area contributed by atoms with Crippen molar-refractivity contribution in [3.05, 3.63) is 59.2 Å². The summed E-state index contributed by atoms with van der Waals surface area (Å²) in [5.74, 6) is 0.930. The molecule has 0 amide bonds. The minimum absolute atomic E-state index is 0.898. The Bertz CT molecular complexity index is 623. The van der Waals surface area contributed by atoms with Crippen molar-refractivity contribution >= 4 is 10.1 Å². The quantitative estimate of drug-likeness (QED) is 0.730. The van der Waals surface area contributed by atoms with Crippen molar-refractivity contribution in [2.45, 2.75) is 13.8 Å². The fourth-order valence-electron chi connectivity index (χ4n) is 1.85. The van der Waals surface area contributed by atoms with Crippen LogP contribution < -0.4 is 4.74 Å². The summed E-state index contributed by atoms with van der Waals surface area (Å²) in [5.41, 5.74) is 4.84. The number of hydrogen-bond acceptors (Lipinski definition) is 2. The Morgan fingerprint density at radius 3 is 2.37 bits per heavy atom. The second kappa shape index (κ2) is 6.67. The molecular formula is C16H17NOW. The SMILES string of the molecule is COc1ccccc1[CH]=[W]=[N]c1c(C)cccc1C. The molecule has 0 saturated heterocycles. The van der Waals surface area contributed by atoms with Crippen LogP contribution in [0.1, 0.15) is 16.7 Å². The van der Waals surface area contributed by atoms with Gasteiger partial charge in [0, 0.05) is 0 Å². The van der Waals surface area contributed by atoms with Gasteiger partial charge in [-0.05, 0) is 0 Å². The van der Waals surface area contributed by atoms with Gasteiger partial charge in [-0.3, -0.25) is 0 Å². The van der Waals surface area contributed by atoms with Gasteiger partial charge in [0.15, 0.2) is 0 Å². The van der Waals surface area contributed by atoms with Gasteiger partial charge in [0.25, 0.3) is 0 Å². The van der Waals surface area contributed by atoms with Crippen LogP contribution in [0.25, 0.3) is 0 Å². The zero-order valence-electron chi connectivity index (χ0n) is 11.4. The summed E-state index contributed by atoms with van der Waals surface area (Å²) in [4.78, 5) is 0. The van der Waals surface area contributed by atoms with Crippen molar-refractivity contribution in [3.63, 3.8) is 0 Å². The zero-order valence-corrected chi connectivity index (χ0v) is 14.3. The Balaban J connectivity index is 2.34. The summed E-state index contributed by atoms with van der Waals surface area (Å²) in [6.07, 6.45) is 0. The molecular weight excluding hydrogens is 406 g/mol. The number of methoxy groups -OCH3 is 1. The van der Waals surface area contributed by atoms with E-state index in [1.807, 2.05) is 18.2 Å². The minimum atomic E-state index is -0.898. The summed E-state index contributed by atoms with van der Waals surface area (Å²) in [5, 5.41) is 0. The molecule has 98 valence electrons. The first-order chi connectivity index (χ1) is 9.22. The molecule has 0 saturated carbocycles. The van der Waals surface area contributed by atoms with Gasteiger partial charge in [0.05, 0.1) is 0 Å². The van der Waals surface area contributed by atoms with Gasteiger partial charge in [-0.2, -0.15) is 0 Å². The first-order valence-electron chi connectivity index (χ1n) is 6.11. The molecule has 0 spiro atoms. The normalized spacial score (nSPS) is 9.84. The van der Waals surface area contributed by atoms with Crippen LogP contribution in [0.4, 0.5) is 5.69 Å². The molecule has 0 aliphatic rings. The van der Waals surface area contributed by atoms with Crippen LogP contribution in [0, 0.1) is 13.8 Å². The van der Waals surface area contributed by atoms with Crippen LogP contribution in [0.3, 0.4) is 0 Å². The topological polar surface area (TPSA) is 21.6 Å². The fourth-order valence-corrected chi connectivity index (χ4v) is 4.56. The zero-order chi connectivity index (χ0) is 13.7. The molecule has 2 aromatic rings. The number of nitrogens with zero attached hydrogens (tertiary/aromatic N) is 1. The molecule has 0 N–H and O–H groups in total. The van der Waals surface area contributed by atoms with Crippen molar-refractivity contribution in [1.29, 1.82) is 0 Å². The van der Waals surface area contributed by atoms with Gasteiger partial charge in [0.1, 0.15) is 0 Å². The molecule has 0 fully saturated rings. The van der Waals surface area contributed by atoms with E-state index in [1.165, 1.54) is 16.8 Å². The van der Waals surface area contributed by atoms with Crippen LogP contribution in [0.2, 0.25) is 0 Å². The van der Waals surface area contributed by atoms with E-state index in [-0.39, 0.29) is 0 Å². The monoisotopic (exact) mass is 423 g/mol. The van der Waals surface area contributed by atoms with Crippen LogP contribution in [0.15, 0.2) is 46.0 Å². The summed E-state index contributed by atoms with van der Waals surface area (Å²) < 4.78 is 12.4. The first kappa shape index (κ1) is 14.0. The van der Waals surface area contributed by atoms with E-state index in [9.17, 15) is 0 Å². The molecule has 3 heteroatoms. The van der Waals surface area contributed by atoms with Crippen LogP contribution in [-0.2, 0) is 17.9 Å². The molecule has 0 unspecified atom stereocenters. The number of hydrogen-bond donors (Lipinski definition) is 0. The second-order valence-corrected chi connectivity index (χ2v) is 6.56. The van der Waals surface area contributed by atoms with Crippen molar-refractivity contribution in [2.24, 2.45) is 3.50 Å². The Kier molecular flexibility index (Phi) is 4.92. The predicted molar refractivity (Wildman–Crippen MR) is 76.2 cm³/mol. The third kappa shape index (κ3) is 3.54. The van der Waals surface area contributed by atoms with Crippen molar-refractivity contribution < 1.29 is 22.7 Å². The third-order valence-electron chi connectivity index (χ3n) is 2.90. The fraction of sp³-hybridized carbons (Fsp3) is 0.188. The van der Waals surface area contributed by atoms with E-state index in [1.54, 1.807) is 7.11 Å². The van der Waals surface area contributed by atoms with Crippen molar-refractivity contribution in [1.82, 2.24) is 0 Å². The summed E-state index contributed by atoms with van der Waals surface area (Å²) in [6, 6.07) is 14.4. The number of ether oxygens (including phenoxy) is 1. The molecule has 2 rings (SSSR count). The summed E-state index contributed by atoms with van der Waals surface area (Å²) >= 11 is -0.898. The molecule has 0 heterocycles. The first-order valence-corrected chi connectivity index (χ1v) is 9.12. The van der Waals surface area contributed by atoms with Crippen LogP contribution >= 0.6 is 0 Å². The summed E-state index contributed by atoms with van der Waals surface area (Å²) in [6.45, 7) is 4.24. The van der Waals surface area contributed by atoms with Crippen molar-refractivity contribution in [3.8, 4) is 5.75 Å². The van der Waals surface area contributed by atoms with E-state index in [2.05, 4.69) is 42.5 Å². The molecule has 2 nitrogen and oxygen atoms in total. The van der Waals surface area contributed by atoms with Gasteiger partial charge in [-0.25, -0.2) is 0 Å². The molecule has 0 aromatic heterocycles. The van der Waals surface area contributed by atoms with E-state index >= 15 is 0 Å².